The van der Waals surface area contributed by atoms with E-state index in [4.69, 9.17) is 20.8 Å². The van der Waals surface area contributed by atoms with Gasteiger partial charge in [0.15, 0.2) is 8.96 Å². The minimum absolute atomic E-state index is 0.0641. The van der Waals surface area contributed by atoms with Crippen molar-refractivity contribution in [2.75, 3.05) is 12.8 Å². The molecule has 8 nitrogen and oxygen atoms in total. The first kappa shape index (κ1) is 25.1. The maximum atomic E-state index is 14.1. The van der Waals surface area contributed by atoms with Crippen molar-refractivity contribution in [2.24, 2.45) is 0 Å². The van der Waals surface area contributed by atoms with Crippen LogP contribution in [0.5, 0.6) is 11.8 Å². The zero-order chi connectivity index (χ0) is 24.2. The average Bonchev–Trinajstić information content (AvgIpc) is 3.19. The number of benzene rings is 1. The van der Waals surface area contributed by atoms with Crippen molar-refractivity contribution in [3.63, 3.8) is 0 Å². The summed E-state index contributed by atoms with van der Waals surface area (Å²) < 4.78 is 92.3. The van der Waals surface area contributed by atoms with E-state index in [-0.39, 0.29) is 17.1 Å². The number of rotatable bonds is 8. The summed E-state index contributed by atoms with van der Waals surface area (Å²) in [5, 5.41) is 9.89. The zero-order valence-corrected chi connectivity index (χ0v) is 18.5. The second-order valence-electron chi connectivity index (χ2n) is 7.02. The molecule has 0 aliphatic carbocycles. The monoisotopic (exact) mass is 518 g/mol. The number of nitrogens with one attached hydrogen (secondary N) is 2. The molecule has 1 aliphatic rings. The van der Waals surface area contributed by atoms with Gasteiger partial charge in [0.25, 0.3) is 0 Å². The van der Waals surface area contributed by atoms with Crippen molar-refractivity contribution in [1.82, 2.24) is 20.5 Å². The average molecular weight is 519 g/mol. The van der Waals surface area contributed by atoms with Crippen molar-refractivity contribution in [3.05, 3.63) is 34.9 Å². The molecule has 33 heavy (non-hydrogen) atoms. The van der Waals surface area contributed by atoms with Crippen LogP contribution in [0.1, 0.15) is 24.8 Å². The Balaban J connectivity index is 1.46. The van der Waals surface area contributed by atoms with Crippen LogP contribution in [0.4, 0.5) is 26.3 Å². The summed E-state index contributed by atoms with van der Waals surface area (Å²) in [5.41, 5.74) is 0. The Morgan fingerprint density at radius 2 is 2.06 bits per heavy atom. The standard InChI is InChI=1S/C17H17ClF6N4O4Si/c18-10-2-1-9(7-11(10)19)32-17(23,24)14(29)28-33-6-3-12(25-8-33)13-26-27-15(31-13)30-5-4-16(20,21)22/h1-2,7,12,25,33H,3-6,8H2,(H,28,29)/t12-,33+/m1/s1. The van der Waals surface area contributed by atoms with Gasteiger partial charge in [-0.3, -0.25) is 4.79 Å². The fourth-order valence-corrected chi connectivity index (χ4v) is 5.28. The highest BCUT2D eigenvalue weighted by Crippen LogP contribution is 2.27. The van der Waals surface area contributed by atoms with Gasteiger partial charge in [-0.1, -0.05) is 16.7 Å². The van der Waals surface area contributed by atoms with Gasteiger partial charge in [-0.2, -0.15) is 22.0 Å². The lowest BCUT2D eigenvalue weighted by atomic mass is 10.2. The summed E-state index contributed by atoms with van der Waals surface area (Å²) in [6.45, 7) is -0.677. The SMILES string of the molecule is O=C(N[Si@H]1CC[C@H](c2nnc(OCCC(F)(F)F)o2)NC1)C(F)(F)Oc1ccc(Cl)c(F)c1. The van der Waals surface area contributed by atoms with Crippen molar-refractivity contribution in [2.45, 2.75) is 37.2 Å². The molecule has 3 rings (SSSR count). The molecule has 1 fully saturated rings. The minimum atomic E-state index is -4.38. The topological polar surface area (TPSA) is 98.5 Å². The van der Waals surface area contributed by atoms with Crippen LogP contribution in [0.15, 0.2) is 22.6 Å². The van der Waals surface area contributed by atoms with Gasteiger partial charge < -0.3 is 24.2 Å². The first-order chi connectivity index (χ1) is 15.4. The van der Waals surface area contributed by atoms with Crippen LogP contribution in [-0.4, -0.2) is 50.1 Å². The Morgan fingerprint density at radius 3 is 2.70 bits per heavy atom. The summed E-state index contributed by atoms with van der Waals surface area (Å²) in [5.74, 6) is -3.13. The molecule has 1 aliphatic heterocycles. The highest BCUT2D eigenvalue weighted by atomic mass is 35.5. The summed E-state index contributed by atoms with van der Waals surface area (Å²) >= 11 is 5.48. The van der Waals surface area contributed by atoms with E-state index in [2.05, 4.69) is 25.2 Å². The number of alkyl halides is 5. The normalized spacial score (nSPS) is 19.2. The van der Waals surface area contributed by atoms with Crippen LogP contribution in [0.25, 0.3) is 0 Å². The zero-order valence-electron chi connectivity index (χ0n) is 16.6. The van der Waals surface area contributed by atoms with E-state index in [1.807, 2.05) is 0 Å². The summed E-state index contributed by atoms with van der Waals surface area (Å²) in [7, 11) is -2.21. The molecule has 0 spiro atoms. The maximum absolute atomic E-state index is 14.1. The Hall–Kier alpha value is -2.52. The molecular weight excluding hydrogens is 502 g/mol. The molecule has 1 aromatic carbocycles. The summed E-state index contributed by atoms with van der Waals surface area (Å²) in [4.78, 5) is 14.2. The number of halogens is 7. The van der Waals surface area contributed by atoms with E-state index in [1.54, 1.807) is 0 Å². The van der Waals surface area contributed by atoms with E-state index < -0.39 is 63.9 Å². The molecule has 2 N–H and O–H groups in total. The molecule has 2 aromatic rings. The van der Waals surface area contributed by atoms with Crippen LogP contribution in [0.3, 0.4) is 0 Å². The maximum Gasteiger partial charge on any atom is 0.481 e. The molecule has 2 heterocycles. The molecule has 2 atom stereocenters. The fourth-order valence-electron chi connectivity index (χ4n) is 2.87. The highest BCUT2D eigenvalue weighted by molar-refractivity contribution is 6.59. The predicted molar refractivity (Wildman–Crippen MR) is 103 cm³/mol. The van der Waals surface area contributed by atoms with E-state index in [1.165, 1.54) is 0 Å². The third-order valence-electron chi connectivity index (χ3n) is 4.48. The Labute approximate surface area is 189 Å². The molecule has 182 valence electrons. The number of aromatic nitrogens is 2. The smallest absolute Gasteiger partial charge is 0.449 e. The van der Waals surface area contributed by atoms with E-state index in [0.29, 0.717) is 18.5 Å². The Bertz CT molecular complexity index is 971. The lowest BCUT2D eigenvalue weighted by Gasteiger charge is -2.28. The van der Waals surface area contributed by atoms with Crippen molar-refractivity contribution >= 4 is 26.5 Å². The largest absolute Gasteiger partial charge is 0.481 e. The molecule has 0 radical (unpaired) electrons. The lowest BCUT2D eigenvalue weighted by molar-refractivity contribution is -0.191. The van der Waals surface area contributed by atoms with Gasteiger partial charge in [0.1, 0.15) is 18.2 Å². The van der Waals surface area contributed by atoms with E-state index >= 15 is 0 Å². The van der Waals surface area contributed by atoms with Gasteiger partial charge in [0.05, 0.1) is 17.5 Å². The number of hydrogen-bond donors (Lipinski definition) is 2. The predicted octanol–water partition coefficient (Wildman–Crippen LogP) is 3.28. The van der Waals surface area contributed by atoms with Gasteiger partial charge in [0, 0.05) is 12.2 Å². The molecule has 0 bridgehead atoms. The van der Waals surface area contributed by atoms with Crippen molar-refractivity contribution in [1.29, 1.82) is 0 Å². The number of carbonyl (C=O) groups excluding carboxylic acids is 1. The molecular formula is C17H17ClF6N4O4Si. The second-order valence-corrected chi connectivity index (χ2v) is 10.1. The molecule has 1 saturated heterocycles. The van der Waals surface area contributed by atoms with Crippen molar-refractivity contribution in [3.8, 4) is 11.8 Å². The van der Waals surface area contributed by atoms with Crippen LogP contribution in [0, 0.1) is 5.82 Å². The van der Waals surface area contributed by atoms with Gasteiger partial charge in [-0.05, 0) is 24.6 Å². The highest BCUT2D eigenvalue weighted by Gasteiger charge is 2.44. The van der Waals surface area contributed by atoms with Gasteiger partial charge >= 0.3 is 24.3 Å². The molecule has 1 amide bonds. The van der Waals surface area contributed by atoms with E-state index in [0.717, 1.165) is 12.1 Å². The third kappa shape index (κ3) is 7.23. The number of hydrogen-bond acceptors (Lipinski definition) is 7. The van der Waals surface area contributed by atoms with Crippen LogP contribution < -0.4 is 19.8 Å². The molecule has 0 unspecified atom stereocenters. The molecule has 0 saturated carbocycles. The number of carbonyl (C=O) groups is 1. The Kier molecular flexibility index (Phi) is 7.74. The first-order valence-corrected chi connectivity index (χ1v) is 12.1. The van der Waals surface area contributed by atoms with Crippen LogP contribution >= 0.6 is 11.6 Å². The minimum Gasteiger partial charge on any atom is -0.449 e. The summed E-state index contributed by atoms with van der Waals surface area (Å²) in [6.07, 6.45) is -9.69. The van der Waals surface area contributed by atoms with Crippen LogP contribution in [-0.2, 0) is 4.79 Å². The quantitative estimate of drug-likeness (QED) is 0.409. The van der Waals surface area contributed by atoms with Crippen LogP contribution in [0.2, 0.25) is 11.1 Å². The second kappa shape index (κ2) is 10.2. The number of ether oxygens (including phenoxy) is 2. The van der Waals surface area contributed by atoms with Gasteiger partial charge in [-0.15, -0.1) is 5.10 Å². The van der Waals surface area contributed by atoms with Crippen molar-refractivity contribution < 1.29 is 45.0 Å². The lowest BCUT2D eigenvalue weighted by Crippen LogP contribution is -2.55. The fraction of sp³-hybridized carbons (Fsp3) is 0.471. The number of nitrogens with zero attached hydrogens (tertiary/aromatic N) is 2. The van der Waals surface area contributed by atoms with Gasteiger partial charge in [-0.25, -0.2) is 4.39 Å². The van der Waals surface area contributed by atoms with E-state index in [9.17, 15) is 31.1 Å². The first-order valence-electron chi connectivity index (χ1n) is 9.52. The molecule has 1 aromatic heterocycles. The third-order valence-corrected chi connectivity index (χ3v) is 7.22. The van der Waals surface area contributed by atoms with Gasteiger partial charge in [0.2, 0.25) is 5.89 Å². The summed E-state index contributed by atoms with van der Waals surface area (Å²) in [6, 6.07) is 2.56. The Morgan fingerprint density at radius 1 is 1.30 bits per heavy atom. The number of amides is 1. The molecule has 16 heteroatoms.